The molecule has 6 nitrogen and oxygen atoms in total. The first-order valence-electron chi connectivity index (χ1n) is 8.09. The van der Waals surface area contributed by atoms with Gasteiger partial charge in [-0.1, -0.05) is 27.5 Å². The number of benzene rings is 2. The summed E-state index contributed by atoms with van der Waals surface area (Å²) in [4.78, 5) is 26.2. The van der Waals surface area contributed by atoms with Crippen LogP contribution >= 0.6 is 39.3 Å². The minimum atomic E-state index is -0.395. The van der Waals surface area contributed by atoms with Crippen LogP contribution in [0.2, 0.25) is 5.02 Å². The van der Waals surface area contributed by atoms with Crippen LogP contribution in [-0.4, -0.2) is 41.4 Å². The van der Waals surface area contributed by atoms with Gasteiger partial charge in [-0.15, -0.1) is 0 Å². The normalized spacial score (nSPS) is 15.4. The third kappa shape index (κ3) is 4.63. The molecule has 0 saturated carbocycles. The van der Waals surface area contributed by atoms with Gasteiger partial charge >= 0.3 is 0 Å². The predicted octanol–water partition coefficient (Wildman–Crippen LogP) is 4.93. The summed E-state index contributed by atoms with van der Waals surface area (Å²) in [5.74, 6) is 0.449. The Morgan fingerprint density at radius 1 is 1.25 bits per heavy atom. The van der Waals surface area contributed by atoms with Gasteiger partial charge in [-0.25, -0.2) is 0 Å². The minimum Gasteiger partial charge on any atom is -0.504 e. The van der Waals surface area contributed by atoms with E-state index in [0.717, 1.165) is 16.7 Å². The second-order valence-corrected chi connectivity index (χ2v) is 7.97. The molecule has 0 aromatic heterocycles. The number of carbonyl (C=O) groups excluding carboxylic acids is 2. The summed E-state index contributed by atoms with van der Waals surface area (Å²) in [5.41, 5.74) is 0.609. The topological polar surface area (TPSA) is 76.1 Å². The highest BCUT2D eigenvalue weighted by Crippen LogP contribution is 2.37. The summed E-state index contributed by atoms with van der Waals surface area (Å²) in [6, 6.07) is 9.87. The van der Waals surface area contributed by atoms with Crippen molar-refractivity contribution < 1.29 is 24.2 Å². The molecule has 0 radical (unpaired) electrons. The molecule has 0 unspecified atom stereocenters. The third-order valence-electron chi connectivity index (χ3n) is 3.86. The highest BCUT2D eigenvalue weighted by molar-refractivity contribution is 9.10. The number of phenolic OH excluding ortho intramolecular Hbond substituents is 1. The molecule has 9 heteroatoms. The number of halogens is 2. The van der Waals surface area contributed by atoms with Crippen molar-refractivity contribution in [2.75, 3.05) is 20.3 Å². The van der Waals surface area contributed by atoms with Crippen molar-refractivity contribution in [2.24, 2.45) is 0 Å². The van der Waals surface area contributed by atoms with Crippen LogP contribution in [0.5, 0.6) is 17.2 Å². The molecular weight excluding hydrogens is 470 g/mol. The molecule has 1 saturated heterocycles. The number of thioether (sulfide) groups is 1. The minimum absolute atomic E-state index is 0.0287. The average molecular weight is 485 g/mol. The van der Waals surface area contributed by atoms with Gasteiger partial charge in [0.2, 0.25) is 0 Å². The lowest BCUT2D eigenvalue weighted by Crippen LogP contribution is -2.32. The smallest absolute Gasteiger partial charge is 0.293 e. The van der Waals surface area contributed by atoms with E-state index in [0.29, 0.717) is 20.8 Å². The monoisotopic (exact) mass is 483 g/mol. The van der Waals surface area contributed by atoms with Gasteiger partial charge in [-0.2, -0.15) is 0 Å². The molecule has 3 rings (SSSR count). The zero-order chi connectivity index (χ0) is 20.3. The fraction of sp³-hybridized carbons (Fsp3) is 0.158. The van der Waals surface area contributed by atoms with Gasteiger partial charge in [-0.05, 0) is 59.8 Å². The second kappa shape index (κ2) is 8.89. The molecular formula is C19H15BrClNO5S. The molecule has 2 amide bonds. The summed E-state index contributed by atoms with van der Waals surface area (Å²) >= 11 is 10.0. The SMILES string of the molecule is COc1cc(/C=C2\SC(=O)N(CCOc3ccc(Cl)cc3)C2=O)c(Br)cc1O. The number of phenols is 1. The molecule has 1 aliphatic heterocycles. The number of imide groups is 1. The maximum Gasteiger partial charge on any atom is 0.293 e. The molecule has 1 fully saturated rings. The number of aromatic hydroxyl groups is 1. The van der Waals surface area contributed by atoms with Crippen molar-refractivity contribution in [3.8, 4) is 17.2 Å². The molecule has 0 bridgehead atoms. The number of rotatable bonds is 6. The van der Waals surface area contributed by atoms with Crippen LogP contribution in [0.1, 0.15) is 5.56 Å². The van der Waals surface area contributed by atoms with E-state index in [4.69, 9.17) is 21.1 Å². The maximum absolute atomic E-state index is 12.6. The van der Waals surface area contributed by atoms with Crippen molar-refractivity contribution in [3.05, 3.63) is 56.4 Å². The summed E-state index contributed by atoms with van der Waals surface area (Å²) in [5, 5.41) is 10.0. The van der Waals surface area contributed by atoms with Gasteiger partial charge in [-0.3, -0.25) is 14.5 Å². The van der Waals surface area contributed by atoms with Gasteiger partial charge in [0.25, 0.3) is 11.1 Å². The fourth-order valence-corrected chi connectivity index (χ4v) is 3.88. The van der Waals surface area contributed by atoms with E-state index >= 15 is 0 Å². The first-order chi connectivity index (χ1) is 13.4. The Labute approximate surface area is 179 Å². The molecule has 0 spiro atoms. The van der Waals surface area contributed by atoms with Gasteiger partial charge in [0.05, 0.1) is 18.6 Å². The first kappa shape index (κ1) is 20.6. The molecule has 146 valence electrons. The zero-order valence-electron chi connectivity index (χ0n) is 14.6. The molecule has 0 atom stereocenters. The lowest BCUT2D eigenvalue weighted by molar-refractivity contribution is -0.123. The van der Waals surface area contributed by atoms with E-state index in [1.54, 1.807) is 36.4 Å². The van der Waals surface area contributed by atoms with Crippen molar-refractivity contribution in [3.63, 3.8) is 0 Å². The van der Waals surface area contributed by atoms with Crippen LogP contribution in [-0.2, 0) is 4.79 Å². The van der Waals surface area contributed by atoms with E-state index in [-0.39, 0.29) is 34.8 Å². The standard InChI is InChI=1S/C19H15BrClNO5S/c1-26-16-8-11(14(20)10-15(16)23)9-17-18(24)22(19(25)28-17)6-7-27-13-4-2-12(21)3-5-13/h2-5,8-10,23H,6-7H2,1H3/b17-9-. The molecule has 0 aliphatic carbocycles. The maximum atomic E-state index is 12.6. The van der Waals surface area contributed by atoms with Gasteiger partial charge in [0, 0.05) is 9.50 Å². The summed E-state index contributed by atoms with van der Waals surface area (Å²) < 4.78 is 11.2. The quantitative estimate of drug-likeness (QED) is 0.586. The predicted molar refractivity (Wildman–Crippen MR) is 112 cm³/mol. The fourth-order valence-electron chi connectivity index (χ4n) is 2.45. The Hall–Kier alpha value is -2.16. The highest BCUT2D eigenvalue weighted by Gasteiger charge is 2.35. The highest BCUT2D eigenvalue weighted by atomic mass is 79.9. The summed E-state index contributed by atoms with van der Waals surface area (Å²) in [7, 11) is 1.43. The molecule has 1 heterocycles. The van der Waals surface area contributed by atoms with Crippen LogP contribution in [0.25, 0.3) is 6.08 Å². The Morgan fingerprint density at radius 2 is 1.96 bits per heavy atom. The molecule has 28 heavy (non-hydrogen) atoms. The second-order valence-electron chi connectivity index (χ2n) is 5.68. The summed E-state index contributed by atoms with van der Waals surface area (Å²) in [6.07, 6.45) is 1.58. The van der Waals surface area contributed by atoms with E-state index in [1.165, 1.54) is 13.2 Å². The van der Waals surface area contributed by atoms with Crippen LogP contribution in [0, 0.1) is 0 Å². The number of carbonyl (C=O) groups is 2. The first-order valence-corrected chi connectivity index (χ1v) is 10.1. The lowest BCUT2D eigenvalue weighted by Gasteiger charge is -2.13. The Bertz CT molecular complexity index is 948. The lowest BCUT2D eigenvalue weighted by atomic mass is 10.2. The largest absolute Gasteiger partial charge is 0.504 e. The van der Waals surface area contributed by atoms with Gasteiger partial charge in [0.15, 0.2) is 11.5 Å². The molecule has 1 N–H and O–H groups in total. The van der Waals surface area contributed by atoms with E-state index < -0.39 is 5.91 Å². The average Bonchev–Trinajstić information content (AvgIpc) is 2.93. The molecule has 2 aromatic rings. The Balaban J connectivity index is 1.69. The molecule has 1 aliphatic rings. The van der Waals surface area contributed by atoms with Gasteiger partial charge in [0.1, 0.15) is 12.4 Å². The van der Waals surface area contributed by atoms with Crippen LogP contribution < -0.4 is 9.47 Å². The van der Waals surface area contributed by atoms with E-state index in [1.807, 2.05) is 0 Å². The molecule has 2 aromatic carbocycles. The number of nitrogens with zero attached hydrogens (tertiary/aromatic N) is 1. The van der Waals surface area contributed by atoms with Crippen LogP contribution in [0.15, 0.2) is 45.8 Å². The number of ether oxygens (including phenoxy) is 2. The summed E-state index contributed by atoms with van der Waals surface area (Å²) in [6.45, 7) is 0.300. The van der Waals surface area contributed by atoms with Crippen molar-refractivity contribution in [1.29, 1.82) is 0 Å². The van der Waals surface area contributed by atoms with Gasteiger partial charge < -0.3 is 14.6 Å². The van der Waals surface area contributed by atoms with Crippen LogP contribution in [0.3, 0.4) is 0 Å². The number of amides is 2. The van der Waals surface area contributed by atoms with Crippen LogP contribution in [0.4, 0.5) is 4.79 Å². The van der Waals surface area contributed by atoms with E-state index in [2.05, 4.69) is 15.9 Å². The Morgan fingerprint density at radius 3 is 2.64 bits per heavy atom. The Kier molecular flexibility index (Phi) is 6.53. The van der Waals surface area contributed by atoms with Crippen molar-refractivity contribution in [2.45, 2.75) is 0 Å². The zero-order valence-corrected chi connectivity index (χ0v) is 17.8. The number of methoxy groups -OCH3 is 1. The number of hydrogen-bond acceptors (Lipinski definition) is 6. The van der Waals surface area contributed by atoms with Crippen molar-refractivity contribution >= 4 is 56.5 Å². The van der Waals surface area contributed by atoms with E-state index in [9.17, 15) is 14.7 Å². The van der Waals surface area contributed by atoms with Crippen molar-refractivity contribution in [1.82, 2.24) is 4.90 Å². The third-order valence-corrected chi connectivity index (χ3v) is 5.70. The number of hydrogen-bond donors (Lipinski definition) is 1.